The number of nitrogens with zero attached hydrogens (tertiary/aromatic N) is 1. The average molecular weight is 368 g/mol. The van der Waals surface area contributed by atoms with Crippen LogP contribution in [0.1, 0.15) is 26.5 Å². The molecule has 3 amide bonds. The zero-order valence-corrected chi connectivity index (χ0v) is 14.8. The molecule has 1 unspecified atom stereocenters. The van der Waals surface area contributed by atoms with Gasteiger partial charge in [0, 0.05) is 11.9 Å². The maximum atomic E-state index is 12.1. The van der Waals surface area contributed by atoms with Gasteiger partial charge in [0.15, 0.2) is 5.13 Å². The van der Waals surface area contributed by atoms with Crippen LogP contribution in [0, 0.1) is 5.41 Å². The van der Waals surface area contributed by atoms with Crippen LogP contribution < -0.4 is 21.7 Å². The molecule has 0 aromatic carbocycles. The summed E-state index contributed by atoms with van der Waals surface area (Å²) in [5.41, 5.74) is 4.48. The topological polar surface area (TPSA) is 159 Å². The number of nitrogens with two attached hydrogens (primary N) is 1. The van der Waals surface area contributed by atoms with E-state index >= 15 is 0 Å². The normalized spacial score (nSPS) is 19.4. The van der Waals surface area contributed by atoms with E-state index in [2.05, 4.69) is 20.9 Å². The van der Waals surface area contributed by atoms with E-state index in [0.29, 0.717) is 0 Å². The molecular formula is C14H20N6O4S. The van der Waals surface area contributed by atoms with E-state index < -0.39 is 29.4 Å². The number of hydrogen-bond donors (Lipinski definition) is 5. The lowest BCUT2D eigenvalue weighted by Gasteiger charge is -2.36. The number of anilines is 1. The van der Waals surface area contributed by atoms with Crippen LogP contribution >= 0.6 is 11.3 Å². The minimum absolute atomic E-state index is 0.0811. The first-order chi connectivity index (χ1) is 11.6. The summed E-state index contributed by atoms with van der Waals surface area (Å²) in [5.74, 6) is -1.09. The van der Waals surface area contributed by atoms with Crippen molar-refractivity contribution in [3.63, 3.8) is 0 Å². The second-order valence-corrected chi connectivity index (χ2v) is 7.20. The summed E-state index contributed by atoms with van der Waals surface area (Å²) < 4.78 is 5.10. The van der Waals surface area contributed by atoms with E-state index in [4.69, 9.17) is 15.9 Å². The smallest absolute Gasteiger partial charge is 0.413 e. The van der Waals surface area contributed by atoms with Crippen molar-refractivity contribution in [2.24, 2.45) is 5.73 Å². The average Bonchev–Trinajstić information content (AvgIpc) is 2.95. The molecule has 6 N–H and O–H groups in total. The summed E-state index contributed by atoms with van der Waals surface area (Å²) >= 11 is 1.05. The molecule has 1 aliphatic rings. The Morgan fingerprint density at radius 2 is 2.16 bits per heavy atom. The summed E-state index contributed by atoms with van der Waals surface area (Å²) in [6.45, 7) is 5.37. The van der Waals surface area contributed by atoms with Crippen LogP contribution in [0.2, 0.25) is 0 Å². The number of carbonyl (C=O) groups excluding carboxylic acids is 3. The minimum Gasteiger partial charge on any atom is -0.444 e. The van der Waals surface area contributed by atoms with Crippen molar-refractivity contribution in [3.8, 4) is 0 Å². The lowest BCUT2D eigenvalue weighted by Crippen LogP contribution is -2.71. The highest BCUT2D eigenvalue weighted by atomic mass is 32.1. The first-order valence-electron chi connectivity index (χ1n) is 7.46. The Labute approximate surface area is 148 Å². The third-order valence-corrected chi connectivity index (χ3v) is 3.91. The monoisotopic (exact) mass is 368 g/mol. The van der Waals surface area contributed by atoms with E-state index in [9.17, 15) is 14.4 Å². The van der Waals surface area contributed by atoms with Gasteiger partial charge in [-0.3, -0.25) is 20.3 Å². The van der Waals surface area contributed by atoms with Crippen LogP contribution in [-0.2, 0) is 14.3 Å². The van der Waals surface area contributed by atoms with Gasteiger partial charge >= 0.3 is 6.09 Å². The van der Waals surface area contributed by atoms with Crippen LogP contribution in [0.15, 0.2) is 5.38 Å². The van der Waals surface area contributed by atoms with Crippen LogP contribution in [0.4, 0.5) is 9.93 Å². The molecule has 0 saturated carbocycles. The number of β-lactam (4-membered cyclic amide) rings is 1. The van der Waals surface area contributed by atoms with Crippen LogP contribution in [0.5, 0.6) is 0 Å². The van der Waals surface area contributed by atoms with Gasteiger partial charge in [0.1, 0.15) is 23.0 Å². The van der Waals surface area contributed by atoms with Gasteiger partial charge in [0.05, 0.1) is 6.04 Å². The predicted octanol–water partition coefficient (Wildman–Crippen LogP) is -0.200. The lowest BCUT2D eigenvalue weighted by molar-refractivity contribution is -0.134. The Balaban J connectivity index is 1.94. The fourth-order valence-corrected chi connectivity index (χ4v) is 2.66. The Morgan fingerprint density at radius 3 is 2.72 bits per heavy atom. The summed E-state index contributed by atoms with van der Waals surface area (Å²) in [7, 11) is 0. The van der Waals surface area contributed by atoms with Gasteiger partial charge in [-0.2, -0.15) is 0 Å². The second kappa shape index (κ2) is 7.15. The van der Waals surface area contributed by atoms with E-state index in [-0.39, 0.29) is 29.3 Å². The number of amides is 3. The standard InChI is InChI=1S/C14H20N6O4S/c1-14(2,3)24-13(23)20-12-18-7(5-25-12)8(16)10(21)19-9-6(4-15)17-11(9)22/h5-6,9,16H,4,15H2,1-3H3,(H,17,22)(H,19,21)(H,18,20,23)/t6-,9?/m0/s1. The number of hydrogen-bond acceptors (Lipinski definition) is 8. The van der Waals surface area contributed by atoms with E-state index in [1.54, 1.807) is 20.8 Å². The molecule has 1 aromatic heterocycles. The highest BCUT2D eigenvalue weighted by Gasteiger charge is 2.39. The molecule has 1 fully saturated rings. The summed E-state index contributed by atoms with van der Waals surface area (Å²) in [6, 6.07) is -1.10. The van der Waals surface area contributed by atoms with Gasteiger partial charge < -0.3 is 21.1 Å². The van der Waals surface area contributed by atoms with Gasteiger partial charge in [-0.05, 0) is 20.8 Å². The Morgan fingerprint density at radius 1 is 1.48 bits per heavy atom. The van der Waals surface area contributed by atoms with Gasteiger partial charge in [0.25, 0.3) is 5.91 Å². The first kappa shape index (κ1) is 18.8. The molecule has 2 rings (SSSR count). The fourth-order valence-electron chi connectivity index (χ4n) is 1.97. The molecule has 11 heteroatoms. The number of ether oxygens (including phenoxy) is 1. The molecule has 2 atom stereocenters. The van der Waals surface area contributed by atoms with E-state index in [0.717, 1.165) is 11.3 Å². The summed E-state index contributed by atoms with van der Waals surface area (Å²) in [5, 5.41) is 17.0. The van der Waals surface area contributed by atoms with E-state index in [1.165, 1.54) is 5.38 Å². The maximum Gasteiger partial charge on any atom is 0.413 e. The summed E-state index contributed by atoms with van der Waals surface area (Å²) in [4.78, 5) is 39.2. The van der Waals surface area contributed by atoms with Crippen molar-refractivity contribution in [3.05, 3.63) is 11.1 Å². The predicted molar refractivity (Wildman–Crippen MR) is 91.7 cm³/mol. The van der Waals surface area contributed by atoms with Crippen molar-refractivity contribution in [1.82, 2.24) is 15.6 Å². The molecule has 0 radical (unpaired) electrons. The number of nitrogens with one attached hydrogen (secondary N) is 4. The third-order valence-electron chi connectivity index (χ3n) is 3.15. The molecule has 0 spiro atoms. The van der Waals surface area contributed by atoms with E-state index in [1.807, 2.05) is 0 Å². The number of carbonyl (C=O) groups is 3. The zero-order valence-electron chi connectivity index (χ0n) is 14.0. The molecule has 1 aliphatic heterocycles. The van der Waals surface area contributed by atoms with Gasteiger partial charge in [0.2, 0.25) is 5.91 Å². The molecular weight excluding hydrogens is 348 g/mol. The van der Waals surface area contributed by atoms with Crippen LogP contribution in [0.25, 0.3) is 0 Å². The van der Waals surface area contributed by atoms with Crippen molar-refractivity contribution in [1.29, 1.82) is 5.41 Å². The molecule has 10 nitrogen and oxygen atoms in total. The largest absolute Gasteiger partial charge is 0.444 e. The van der Waals surface area contributed by atoms with Gasteiger partial charge in [-0.25, -0.2) is 9.78 Å². The van der Waals surface area contributed by atoms with Crippen molar-refractivity contribution < 1.29 is 19.1 Å². The molecule has 0 aliphatic carbocycles. The van der Waals surface area contributed by atoms with Crippen LogP contribution in [0.3, 0.4) is 0 Å². The van der Waals surface area contributed by atoms with Gasteiger partial charge in [-0.15, -0.1) is 11.3 Å². The number of thiazole rings is 1. The lowest BCUT2D eigenvalue weighted by atomic mass is 9.99. The maximum absolute atomic E-state index is 12.1. The molecule has 25 heavy (non-hydrogen) atoms. The van der Waals surface area contributed by atoms with Crippen molar-refractivity contribution in [2.45, 2.75) is 38.5 Å². The third kappa shape index (κ3) is 4.73. The van der Waals surface area contributed by atoms with Crippen molar-refractivity contribution >= 4 is 40.1 Å². The minimum atomic E-state index is -0.754. The van der Waals surface area contributed by atoms with Crippen LogP contribution in [-0.4, -0.2) is 52.8 Å². The Hall–Kier alpha value is -2.53. The molecule has 1 saturated heterocycles. The molecule has 2 heterocycles. The summed E-state index contributed by atoms with van der Waals surface area (Å²) in [6.07, 6.45) is -0.679. The highest BCUT2D eigenvalue weighted by molar-refractivity contribution is 7.14. The Kier molecular flexibility index (Phi) is 5.38. The number of aromatic nitrogens is 1. The first-order valence-corrected chi connectivity index (χ1v) is 8.34. The molecule has 136 valence electrons. The second-order valence-electron chi connectivity index (χ2n) is 6.34. The fraction of sp³-hybridized carbons (Fsp3) is 0.500. The highest BCUT2D eigenvalue weighted by Crippen LogP contribution is 2.18. The zero-order chi connectivity index (χ0) is 18.8. The molecule has 1 aromatic rings. The molecule has 0 bridgehead atoms. The Bertz CT molecular complexity index is 710. The quantitative estimate of drug-likeness (QED) is 0.357. The SMILES string of the molecule is CC(C)(C)OC(=O)Nc1nc(C(=N)C(=O)NC2C(=O)N[C@H]2CN)cs1. The van der Waals surface area contributed by atoms with Crippen molar-refractivity contribution in [2.75, 3.05) is 11.9 Å². The van der Waals surface area contributed by atoms with Gasteiger partial charge in [-0.1, -0.05) is 0 Å². The number of rotatable bonds is 5.